The first-order chi connectivity index (χ1) is 9.48. The van der Waals surface area contributed by atoms with E-state index in [4.69, 9.17) is 0 Å². The SMILES string of the molecule is CCC(C)C1CN(C(C)(C)CC(C)(C)C)C(C(C)C)CN1. The third-order valence-corrected chi connectivity index (χ3v) is 5.22. The molecule has 1 aliphatic rings. The van der Waals surface area contributed by atoms with E-state index >= 15 is 0 Å². The van der Waals surface area contributed by atoms with Crippen molar-refractivity contribution in [2.75, 3.05) is 13.1 Å². The molecule has 1 aliphatic heterocycles. The number of nitrogens with one attached hydrogen (secondary N) is 1. The number of piperazine rings is 1. The van der Waals surface area contributed by atoms with Crippen LogP contribution in [0.25, 0.3) is 0 Å². The van der Waals surface area contributed by atoms with E-state index in [1.165, 1.54) is 19.4 Å². The van der Waals surface area contributed by atoms with E-state index in [-0.39, 0.29) is 5.54 Å². The number of hydrogen-bond donors (Lipinski definition) is 1. The molecular weight excluding hydrogens is 256 g/mol. The van der Waals surface area contributed by atoms with E-state index in [0.717, 1.165) is 12.5 Å². The van der Waals surface area contributed by atoms with Crippen molar-refractivity contribution < 1.29 is 0 Å². The fourth-order valence-electron chi connectivity index (χ4n) is 4.15. The van der Waals surface area contributed by atoms with Crippen molar-refractivity contribution in [3.05, 3.63) is 0 Å². The molecule has 0 aromatic rings. The van der Waals surface area contributed by atoms with Gasteiger partial charge in [-0.25, -0.2) is 0 Å². The molecule has 0 aliphatic carbocycles. The van der Waals surface area contributed by atoms with Crippen LogP contribution >= 0.6 is 0 Å². The summed E-state index contributed by atoms with van der Waals surface area (Å²) in [5, 5.41) is 3.82. The fraction of sp³-hybridized carbons (Fsp3) is 1.00. The molecule has 1 fully saturated rings. The van der Waals surface area contributed by atoms with Crippen LogP contribution < -0.4 is 5.32 Å². The molecule has 0 amide bonds. The van der Waals surface area contributed by atoms with Gasteiger partial charge in [-0.15, -0.1) is 0 Å². The summed E-state index contributed by atoms with van der Waals surface area (Å²) < 4.78 is 0. The Kier molecular flexibility index (Phi) is 6.32. The molecule has 0 radical (unpaired) electrons. The van der Waals surface area contributed by atoms with Crippen molar-refractivity contribution in [3.63, 3.8) is 0 Å². The zero-order valence-corrected chi connectivity index (χ0v) is 16.1. The fourth-order valence-corrected chi connectivity index (χ4v) is 4.15. The Hall–Kier alpha value is -0.0800. The van der Waals surface area contributed by atoms with Crippen LogP contribution in [-0.4, -0.2) is 35.6 Å². The van der Waals surface area contributed by atoms with Crippen LogP contribution in [0, 0.1) is 17.3 Å². The lowest BCUT2D eigenvalue weighted by atomic mass is 9.78. The Morgan fingerprint density at radius 2 is 1.67 bits per heavy atom. The Morgan fingerprint density at radius 1 is 1.10 bits per heavy atom. The lowest BCUT2D eigenvalue weighted by Crippen LogP contribution is -2.65. The third-order valence-electron chi connectivity index (χ3n) is 5.22. The van der Waals surface area contributed by atoms with Crippen molar-refractivity contribution >= 4 is 0 Å². The van der Waals surface area contributed by atoms with Gasteiger partial charge in [-0.1, -0.05) is 54.9 Å². The molecule has 0 saturated carbocycles. The summed E-state index contributed by atoms with van der Waals surface area (Å²) in [6.07, 6.45) is 2.51. The Labute approximate surface area is 134 Å². The summed E-state index contributed by atoms with van der Waals surface area (Å²) in [6, 6.07) is 1.30. The van der Waals surface area contributed by atoms with Crippen molar-refractivity contribution in [2.24, 2.45) is 17.3 Å². The van der Waals surface area contributed by atoms with Gasteiger partial charge in [0.15, 0.2) is 0 Å². The number of hydrogen-bond acceptors (Lipinski definition) is 2. The Morgan fingerprint density at radius 3 is 2.10 bits per heavy atom. The Bertz CT molecular complexity index is 314. The highest BCUT2D eigenvalue weighted by atomic mass is 15.3. The molecule has 0 aromatic carbocycles. The minimum atomic E-state index is 0.265. The molecule has 0 bridgehead atoms. The average Bonchev–Trinajstić information content (AvgIpc) is 2.34. The zero-order chi connectivity index (χ0) is 16.4. The summed E-state index contributed by atoms with van der Waals surface area (Å²) >= 11 is 0. The van der Waals surface area contributed by atoms with Gasteiger partial charge in [-0.2, -0.15) is 0 Å². The number of rotatable bonds is 5. The maximum absolute atomic E-state index is 3.82. The average molecular weight is 297 g/mol. The van der Waals surface area contributed by atoms with Gasteiger partial charge in [-0.05, 0) is 37.5 Å². The molecular formula is C19H40N2. The number of nitrogens with zero attached hydrogens (tertiary/aromatic N) is 1. The van der Waals surface area contributed by atoms with E-state index < -0.39 is 0 Å². The third kappa shape index (κ3) is 5.25. The second-order valence-corrected chi connectivity index (χ2v) is 9.41. The van der Waals surface area contributed by atoms with Crippen molar-refractivity contribution in [3.8, 4) is 0 Å². The molecule has 0 spiro atoms. The monoisotopic (exact) mass is 296 g/mol. The predicted octanol–water partition coefficient (Wildman–Crippen LogP) is 4.55. The van der Waals surface area contributed by atoms with Gasteiger partial charge in [0.2, 0.25) is 0 Å². The van der Waals surface area contributed by atoms with Crippen LogP contribution in [0.3, 0.4) is 0 Å². The molecule has 21 heavy (non-hydrogen) atoms. The van der Waals surface area contributed by atoms with Gasteiger partial charge >= 0.3 is 0 Å². The van der Waals surface area contributed by atoms with Crippen LogP contribution in [0.2, 0.25) is 0 Å². The molecule has 1 rings (SSSR count). The van der Waals surface area contributed by atoms with Crippen LogP contribution in [0.5, 0.6) is 0 Å². The summed E-state index contributed by atoms with van der Waals surface area (Å²) in [6.45, 7) is 23.8. The van der Waals surface area contributed by atoms with Crippen LogP contribution in [0.4, 0.5) is 0 Å². The van der Waals surface area contributed by atoms with E-state index in [2.05, 4.69) is 72.5 Å². The molecule has 3 atom stereocenters. The molecule has 3 unspecified atom stereocenters. The molecule has 2 heteroatoms. The van der Waals surface area contributed by atoms with E-state index in [0.29, 0.717) is 23.4 Å². The molecule has 126 valence electrons. The zero-order valence-electron chi connectivity index (χ0n) is 16.1. The molecule has 2 nitrogen and oxygen atoms in total. The summed E-state index contributed by atoms with van der Waals surface area (Å²) in [4.78, 5) is 2.82. The Balaban J connectivity index is 2.94. The van der Waals surface area contributed by atoms with E-state index in [9.17, 15) is 0 Å². The van der Waals surface area contributed by atoms with Gasteiger partial charge in [-0.3, -0.25) is 4.90 Å². The molecule has 1 heterocycles. The maximum atomic E-state index is 3.82. The van der Waals surface area contributed by atoms with Crippen LogP contribution in [0.1, 0.15) is 75.2 Å². The second kappa shape index (κ2) is 7.00. The van der Waals surface area contributed by atoms with Gasteiger partial charge in [0.1, 0.15) is 0 Å². The molecule has 1 saturated heterocycles. The van der Waals surface area contributed by atoms with E-state index in [1.807, 2.05) is 0 Å². The summed E-state index contributed by atoms with van der Waals surface area (Å²) in [7, 11) is 0. The maximum Gasteiger partial charge on any atom is 0.0249 e. The van der Waals surface area contributed by atoms with Crippen LogP contribution in [0.15, 0.2) is 0 Å². The summed E-state index contributed by atoms with van der Waals surface area (Å²) in [5.41, 5.74) is 0.642. The largest absolute Gasteiger partial charge is 0.311 e. The summed E-state index contributed by atoms with van der Waals surface area (Å²) in [5.74, 6) is 1.46. The van der Waals surface area contributed by atoms with Crippen LogP contribution in [-0.2, 0) is 0 Å². The van der Waals surface area contributed by atoms with Gasteiger partial charge in [0.05, 0.1) is 0 Å². The first kappa shape index (κ1) is 19.0. The first-order valence-corrected chi connectivity index (χ1v) is 8.98. The van der Waals surface area contributed by atoms with Gasteiger partial charge in [0, 0.05) is 30.7 Å². The normalized spacial score (nSPS) is 27.1. The van der Waals surface area contributed by atoms with Gasteiger partial charge in [0.25, 0.3) is 0 Å². The highest BCUT2D eigenvalue weighted by Crippen LogP contribution is 2.35. The van der Waals surface area contributed by atoms with Crippen molar-refractivity contribution in [1.82, 2.24) is 10.2 Å². The predicted molar refractivity (Wildman–Crippen MR) is 94.7 cm³/mol. The van der Waals surface area contributed by atoms with Crippen molar-refractivity contribution in [1.29, 1.82) is 0 Å². The standard InChI is InChI=1S/C19H40N2/c1-10-15(4)16-12-21(17(11-20-16)14(2)3)19(8,9)13-18(5,6)7/h14-17,20H,10-13H2,1-9H3. The van der Waals surface area contributed by atoms with Gasteiger partial charge < -0.3 is 5.32 Å². The van der Waals surface area contributed by atoms with E-state index in [1.54, 1.807) is 0 Å². The highest BCUT2D eigenvalue weighted by molar-refractivity contribution is 4.97. The first-order valence-electron chi connectivity index (χ1n) is 8.98. The topological polar surface area (TPSA) is 15.3 Å². The smallest absolute Gasteiger partial charge is 0.0249 e. The highest BCUT2D eigenvalue weighted by Gasteiger charge is 2.41. The lowest BCUT2D eigenvalue weighted by molar-refractivity contribution is -0.0178. The minimum absolute atomic E-state index is 0.265. The quantitative estimate of drug-likeness (QED) is 0.801. The lowest BCUT2D eigenvalue weighted by Gasteiger charge is -2.53. The second-order valence-electron chi connectivity index (χ2n) is 9.41. The van der Waals surface area contributed by atoms with Crippen molar-refractivity contribution in [2.45, 2.75) is 92.8 Å². The molecule has 0 aromatic heterocycles. The molecule has 1 N–H and O–H groups in total. The minimum Gasteiger partial charge on any atom is -0.311 e.